The molecule has 1 aromatic rings. The van der Waals surface area contributed by atoms with Crippen molar-refractivity contribution in [2.45, 2.75) is 18.2 Å². The first-order chi connectivity index (χ1) is 7.10. The molecule has 1 aromatic heterocycles. The third-order valence-electron chi connectivity index (χ3n) is 1.76. The Morgan fingerprint density at radius 2 is 2.27 bits per heavy atom. The van der Waals surface area contributed by atoms with Crippen LogP contribution < -0.4 is 0 Å². The summed E-state index contributed by atoms with van der Waals surface area (Å²) < 4.78 is 25.1. The summed E-state index contributed by atoms with van der Waals surface area (Å²) in [6.07, 6.45) is -2.81. The van der Waals surface area contributed by atoms with Gasteiger partial charge < -0.3 is 0 Å². The molecule has 0 aliphatic heterocycles. The molecule has 0 spiro atoms. The van der Waals surface area contributed by atoms with Gasteiger partial charge in [0.15, 0.2) is 0 Å². The highest BCUT2D eigenvalue weighted by Crippen LogP contribution is 2.27. The van der Waals surface area contributed by atoms with Crippen LogP contribution in [-0.4, -0.2) is 4.98 Å². The van der Waals surface area contributed by atoms with Crippen molar-refractivity contribution in [2.75, 3.05) is 0 Å². The fraction of sp³-hybridized carbons (Fsp3) is 0.333. The van der Waals surface area contributed by atoms with Gasteiger partial charge in [0, 0.05) is 5.33 Å². The van der Waals surface area contributed by atoms with Crippen molar-refractivity contribution in [2.24, 2.45) is 0 Å². The predicted octanol–water partition coefficient (Wildman–Crippen LogP) is 3.63. The Labute approximate surface area is 99.0 Å². The average Bonchev–Trinajstić information content (AvgIpc) is 2.18. The zero-order valence-corrected chi connectivity index (χ0v) is 9.82. The Balaban J connectivity index is 3.26. The second-order valence-corrected chi connectivity index (χ2v) is 3.70. The Kier molecular flexibility index (Phi) is 4.43. The standard InChI is InChI=1S/C9H6BrClF2N2/c10-4-7-6(11)3-5(1-2-14)8(15-7)9(12)13/h3,9H,1,4H2. The summed E-state index contributed by atoms with van der Waals surface area (Å²) in [7, 11) is 0. The van der Waals surface area contributed by atoms with Crippen molar-refractivity contribution in [1.82, 2.24) is 4.98 Å². The average molecular weight is 296 g/mol. The number of halogens is 4. The number of alkyl halides is 3. The minimum absolute atomic E-state index is 0.116. The van der Waals surface area contributed by atoms with E-state index in [9.17, 15) is 8.78 Å². The predicted molar refractivity (Wildman–Crippen MR) is 56.2 cm³/mol. The lowest BCUT2D eigenvalue weighted by molar-refractivity contribution is 0.145. The van der Waals surface area contributed by atoms with Crippen molar-refractivity contribution in [3.05, 3.63) is 28.0 Å². The molecule has 2 nitrogen and oxygen atoms in total. The first kappa shape index (κ1) is 12.3. The third kappa shape index (κ3) is 2.86. The zero-order chi connectivity index (χ0) is 11.4. The first-order valence-corrected chi connectivity index (χ1v) is 5.49. The number of nitriles is 1. The number of pyridine rings is 1. The quantitative estimate of drug-likeness (QED) is 0.798. The van der Waals surface area contributed by atoms with Crippen LogP contribution >= 0.6 is 27.5 Å². The van der Waals surface area contributed by atoms with E-state index in [0.717, 1.165) is 0 Å². The molecule has 0 atom stereocenters. The van der Waals surface area contributed by atoms with Crippen LogP contribution in [0.25, 0.3) is 0 Å². The van der Waals surface area contributed by atoms with E-state index in [0.29, 0.717) is 16.0 Å². The largest absolute Gasteiger partial charge is 0.280 e. The van der Waals surface area contributed by atoms with Crippen LogP contribution in [0.3, 0.4) is 0 Å². The summed E-state index contributed by atoms with van der Waals surface area (Å²) in [5.74, 6) is 0. The Bertz CT molecular complexity index is 404. The van der Waals surface area contributed by atoms with E-state index in [2.05, 4.69) is 20.9 Å². The Morgan fingerprint density at radius 1 is 1.60 bits per heavy atom. The summed E-state index contributed by atoms with van der Waals surface area (Å²) in [5.41, 5.74) is 0.172. The summed E-state index contributed by atoms with van der Waals surface area (Å²) >= 11 is 8.89. The molecule has 0 saturated heterocycles. The van der Waals surface area contributed by atoms with Gasteiger partial charge in [-0.1, -0.05) is 27.5 Å². The topological polar surface area (TPSA) is 36.7 Å². The molecule has 0 unspecified atom stereocenters. The zero-order valence-electron chi connectivity index (χ0n) is 7.48. The van der Waals surface area contributed by atoms with Crippen molar-refractivity contribution >= 4 is 27.5 Å². The molecule has 0 aromatic carbocycles. The van der Waals surface area contributed by atoms with Gasteiger partial charge in [0.1, 0.15) is 5.69 Å². The second-order valence-electron chi connectivity index (χ2n) is 2.73. The first-order valence-electron chi connectivity index (χ1n) is 3.99. The van der Waals surface area contributed by atoms with E-state index in [1.807, 2.05) is 0 Å². The molecule has 0 radical (unpaired) electrons. The molecule has 0 saturated carbocycles. The Morgan fingerprint density at radius 3 is 2.73 bits per heavy atom. The lowest BCUT2D eigenvalue weighted by atomic mass is 10.1. The van der Waals surface area contributed by atoms with E-state index < -0.39 is 6.43 Å². The molecule has 0 aliphatic rings. The fourth-order valence-electron chi connectivity index (χ4n) is 1.09. The molecule has 1 heterocycles. The van der Waals surface area contributed by atoms with E-state index in [4.69, 9.17) is 16.9 Å². The van der Waals surface area contributed by atoms with Crippen LogP contribution in [0.5, 0.6) is 0 Å². The molecule has 0 amide bonds. The van der Waals surface area contributed by atoms with E-state index in [-0.39, 0.29) is 17.7 Å². The van der Waals surface area contributed by atoms with Crippen molar-refractivity contribution < 1.29 is 8.78 Å². The van der Waals surface area contributed by atoms with Gasteiger partial charge >= 0.3 is 0 Å². The highest BCUT2D eigenvalue weighted by atomic mass is 79.9. The highest BCUT2D eigenvalue weighted by Gasteiger charge is 2.17. The molecular formula is C9H6BrClF2N2. The van der Waals surface area contributed by atoms with Crippen LogP contribution in [0, 0.1) is 11.3 Å². The smallest absolute Gasteiger partial charge is 0.249 e. The maximum atomic E-state index is 12.6. The van der Waals surface area contributed by atoms with E-state index in [1.165, 1.54) is 6.07 Å². The van der Waals surface area contributed by atoms with Crippen molar-refractivity contribution in [3.8, 4) is 6.07 Å². The van der Waals surface area contributed by atoms with Crippen LogP contribution in [0.1, 0.15) is 23.4 Å². The monoisotopic (exact) mass is 294 g/mol. The van der Waals surface area contributed by atoms with Crippen LogP contribution in [0.2, 0.25) is 5.02 Å². The number of rotatable bonds is 3. The maximum absolute atomic E-state index is 12.6. The van der Waals surface area contributed by atoms with Gasteiger partial charge in [-0.05, 0) is 11.6 Å². The Hall–Kier alpha value is -0.730. The molecule has 0 aliphatic carbocycles. The maximum Gasteiger partial charge on any atom is 0.280 e. The molecule has 0 bridgehead atoms. The van der Waals surface area contributed by atoms with Gasteiger partial charge in [-0.15, -0.1) is 0 Å². The number of hydrogen-bond donors (Lipinski definition) is 0. The van der Waals surface area contributed by atoms with Gasteiger partial charge in [0.2, 0.25) is 0 Å². The van der Waals surface area contributed by atoms with Gasteiger partial charge in [0.25, 0.3) is 6.43 Å². The van der Waals surface area contributed by atoms with Gasteiger partial charge in [-0.3, -0.25) is 0 Å². The van der Waals surface area contributed by atoms with Gasteiger partial charge in [0.05, 0.1) is 23.2 Å². The highest BCUT2D eigenvalue weighted by molar-refractivity contribution is 9.08. The van der Waals surface area contributed by atoms with Crippen LogP contribution in [-0.2, 0) is 11.8 Å². The molecule has 15 heavy (non-hydrogen) atoms. The summed E-state index contributed by atoms with van der Waals surface area (Å²) in [5, 5.41) is 9.07. The summed E-state index contributed by atoms with van der Waals surface area (Å²) in [4.78, 5) is 3.73. The number of aromatic nitrogens is 1. The van der Waals surface area contributed by atoms with Crippen molar-refractivity contribution in [3.63, 3.8) is 0 Å². The summed E-state index contributed by atoms with van der Waals surface area (Å²) in [6, 6.07) is 3.17. The molecule has 0 fully saturated rings. The molecular weight excluding hydrogens is 289 g/mol. The van der Waals surface area contributed by atoms with Crippen LogP contribution in [0.4, 0.5) is 8.78 Å². The minimum Gasteiger partial charge on any atom is -0.249 e. The fourth-order valence-corrected chi connectivity index (χ4v) is 1.92. The van der Waals surface area contributed by atoms with Crippen molar-refractivity contribution in [1.29, 1.82) is 5.26 Å². The lowest BCUT2D eigenvalue weighted by Gasteiger charge is -2.08. The number of hydrogen-bond acceptors (Lipinski definition) is 2. The van der Waals surface area contributed by atoms with Gasteiger partial charge in [-0.25, -0.2) is 13.8 Å². The van der Waals surface area contributed by atoms with Gasteiger partial charge in [-0.2, -0.15) is 5.26 Å². The van der Waals surface area contributed by atoms with E-state index in [1.54, 1.807) is 6.07 Å². The summed E-state index contributed by atoms with van der Waals surface area (Å²) in [6.45, 7) is 0. The normalized spacial score (nSPS) is 10.4. The molecule has 6 heteroatoms. The van der Waals surface area contributed by atoms with E-state index >= 15 is 0 Å². The SMILES string of the molecule is N#CCc1cc(Cl)c(CBr)nc1C(F)F. The second kappa shape index (κ2) is 5.38. The lowest BCUT2D eigenvalue weighted by Crippen LogP contribution is -2.01. The molecule has 0 N–H and O–H groups in total. The van der Waals surface area contributed by atoms with Crippen LogP contribution in [0.15, 0.2) is 6.07 Å². The minimum atomic E-state index is -2.69. The third-order valence-corrected chi connectivity index (χ3v) is 2.62. The molecule has 80 valence electrons. The molecule has 1 rings (SSSR count). The number of nitrogens with zero attached hydrogens (tertiary/aromatic N) is 2.